The first-order valence-electron chi connectivity index (χ1n) is 7.67. The molecule has 5 nitrogen and oxygen atoms in total. The average molecular weight is 282 g/mol. The molecule has 2 rings (SSSR count). The highest BCUT2D eigenvalue weighted by Gasteiger charge is 2.36. The van der Waals surface area contributed by atoms with Crippen LogP contribution in [0.25, 0.3) is 0 Å². The Bertz CT molecular complexity index is 377. The molecule has 0 aromatic heterocycles. The van der Waals surface area contributed by atoms with Crippen molar-refractivity contribution in [1.82, 2.24) is 10.6 Å². The van der Waals surface area contributed by atoms with E-state index in [1.54, 1.807) is 0 Å². The van der Waals surface area contributed by atoms with Crippen molar-refractivity contribution < 1.29 is 14.7 Å². The Balaban J connectivity index is 1.85. The minimum absolute atomic E-state index is 0.0200. The molecule has 0 spiro atoms. The predicted molar refractivity (Wildman–Crippen MR) is 76.5 cm³/mol. The number of nitrogens with one attached hydrogen (secondary N) is 2. The zero-order chi connectivity index (χ0) is 14.8. The molecule has 5 heteroatoms. The van der Waals surface area contributed by atoms with Gasteiger partial charge in [0.25, 0.3) is 0 Å². The average Bonchev–Trinajstić information content (AvgIpc) is 3.14. The molecular weight excluding hydrogens is 256 g/mol. The van der Waals surface area contributed by atoms with E-state index < -0.39 is 5.97 Å². The van der Waals surface area contributed by atoms with Crippen LogP contribution in [0.4, 0.5) is 4.79 Å². The van der Waals surface area contributed by atoms with Crippen LogP contribution in [0.15, 0.2) is 0 Å². The summed E-state index contributed by atoms with van der Waals surface area (Å²) in [5.74, 6) is -0.503. The first-order valence-corrected chi connectivity index (χ1v) is 7.67. The van der Waals surface area contributed by atoms with Crippen LogP contribution in [-0.2, 0) is 4.79 Å². The first kappa shape index (κ1) is 15.1. The molecule has 2 saturated carbocycles. The van der Waals surface area contributed by atoms with Gasteiger partial charge in [0.1, 0.15) is 0 Å². The van der Waals surface area contributed by atoms with Crippen molar-refractivity contribution in [1.29, 1.82) is 0 Å². The maximum Gasteiger partial charge on any atom is 0.315 e. The zero-order valence-corrected chi connectivity index (χ0v) is 12.4. The fourth-order valence-corrected chi connectivity index (χ4v) is 3.15. The molecule has 0 aromatic rings. The molecule has 0 bridgehead atoms. The van der Waals surface area contributed by atoms with Gasteiger partial charge in [0, 0.05) is 12.1 Å². The van der Waals surface area contributed by atoms with Gasteiger partial charge < -0.3 is 15.7 Å². The number of amides is 2. The summed E-state index contributed by atoms with van der Waals surface area (Å²) in [6.45, 7) is 4.37. The molecule has 3 N–H and O–H groups in total. The summed E-state index contributed by atoms with van der Waals surface area (Å²) in [6.07, 6.45) is 6.56. The molecule has 2 aliphatic carbocycles. The second-order valence-corrected chi connectivity index (χ2v) is 6.95. The minimum Gasteiger partial charge on any atom is -0.481 e. The van der Waals surface area contributed by atoms with E-state index in [-0.39, 0.29) is 30.0 Å². The van der Waals surface area contributed by atoms with Gasteiger partial charge in [-0.25, -0.2) is 4.79 Å². The number of carbonyl (C=O) groups excluding carboxylic acids is 1. The molecule has 2 aliphatic rings. The highest BCUT2D eigenvalue weighted by Crippen LogP contribution is 2.36. The van der Waals surface area contributed by atoms with Gasteiger partial charge in [-0.3, -0.25) is 4.79 Å². The van der Waals surface area contributed by atoms with Crippen LogP contribution in [0.2, 0.25) is 0 Å². The lowest BCUT2D eigenvalue weighted by Gasteiger charge is -2.39. The Labute approximate surface area is 120 Å². The van der Waals surface area contributed by atoms with Gasteiger partial charge in [0.2, 0.25) is 0 Å². The largest absolute Gasteiger partial charge is 0.481 e. The fraction of sp³-hybridized carbons (Fsp3) is 0.867. The summed E-state index contributed by atoms with van der Waals surface area (Å²) in [7, 11) is 0. The van der Waals surface area contributed by atoms with Gasteiger partial charge in [-0.1, -0.05) is 26.7 Å². The molecule has 2 amide bonds. The van der Waals surface area contributed by atoms with E-state index >= 15 is 0 Å². The van der Waals surface area contributed by atoms with Crippen molar-refractivity contribution in [2.75, 3.05) is 0 Å². The SMILES string of the molecule is CC1(C)CCCCC1NC(=O)NC(CC(=O)O)C1CC1. The second-order valence-electron chi connectivity index (χ2n) is 6.95. The van der Waals surface area contributed by atoms with E-state index in [4.69, 9.17) is 5.11 Å². The molecule has 0 aromatic carbocycles. The summed E-state index contributed by atoms with van der Waals surface area (Å²) >= 11 is 0. The Kier molecular flexibility index (Phi) is 4.55. The zero-order valence-electron chi connectivity index (χ0n) is 12.4. The van der Waals surface area contributed by atoms with Crippen molar-refractivity contribution in [3.8, 4) is 0 Å². The van der Waals surface area contributed by atoms with E-state index in [1.807, 2.05) is 0 Å². The number of aliphatic carboxylic acids is 1. The Morgan fingerprint density at radius 2 is 1.95 bits per heavy atom. The van der Waals surface area contributed by atoms with Gasteiger partial charge in [-0.2, -0.15) is 0 Å². The maximum atomic E-state index is 12.1. The molecule has 114 valence electrons. The summed E-state index contributed by atoms with van der Waals surface area (Å²) in [4.78, 5) is 23.0. The van der Waals surface area contributed by atoms with Crippen LogP contribution in [0.3, 0.4) is 0 Å². The Morgan fingerprint density at radius 3 is 2.50 bits per heavy atom. The maximum absolute atomic E-state index is 12.1. The third kappa shape index (κ3) is 4.12. The van der Waals surface area contributed by atoms with Crippen LogP contribution >= 0.6 is 0 Å². The highest BCUT2D eigenvalue weighted by molar-refractivity contribution is 5.76. The molecule has 0 heterocycles. The number of urea groups is 1. The number of rotatable bonds is 5. The molecule has 2 unspecified atom stereocenters. The van der Waals surface area contributed by atoms with Gasteiger partial charge in [0.05, 0.1) is 6.42 Å². The van der Waals surface area contributed by atoms with E-state index in [2.05, 4.69) is 24.5 Å². The minimum atomic E-state index is -0.847. The number of carbonyl (C=O) groups is 2. The summed E-state index contributed by atoms with van der Waals surface area (Å²) in [6, 6.07) is -0.247. The van der Waals surface area contributed by atoms with Crippen molar-refractivity contribution in [2.24, 2.45) is 11.3 Å². The van der Waals surface area contributed by atoms with Crippen molar-refractivity contribution in [3.05, 3.63) is 0 Å². The number of hydrogen-bond acceptors (Lipinski definition) is 2. The third-order valence-corrected chi connectivity index (χ3v) is 4.71. The topological polar surface area (TPSA) is 78.4 Å². The summed E-state index contributed by atoms with van der Waals surface area (Å²) in [5.41, 5.74) is 0.122. The quantitative estimate of drug-likeness (QED) is 0.725. The number of carboxylic acids is 1. The van der Waals surface area contributed by atoms with Crippen LogP contribution in [0, 0.1) is 11.3 Å². The van der Waals surface area contributed by atoms with E-state index in [1.165, 1.54) is 6.42 Å². The molecule has 0 aliphatic heterocycles. The van der Waals surface area contributed by atoms with Crippen molar-refractivity contribution in [2.45, 2.75) is 70.9 Å². The van der Waals surface area contributed by atoms with E-state index in [9.17, 15) is 9.59 Å². The van der Waals surface area contributed by atoms with E-state index in [0.717, 1.165) is 32.1 Å². The monoisotopic (exact) mass is 282 g/mol. The molecule has 0 saturated heterocycles. The highest BCUT2D eigenvalue weighted by atomic mass is 16.4. The lowest BCUT2D eigenvalue weighted by atomic mass is 9.73. The third-order valence-electron chi connectivity index (χ3n) is 4.71. The summed E-state index contributed by atoms with van der Waals surface area (Å²) in [5, 5.41) is 14.8. The predicted octanol–water partition coefficient (Wildman–Crippen LogP) is 2.51. The lowest BCUT2D eigenvalue weighted by Crippen LogP contribution is -2.52. The standard InChI is InChI=1S/C15H26N2O3/c1-15(2)8-4-3-5-12(15)17-14(20)16-11(9-13(18)19)10-6-7-10/h10-12H,3-9H2,1-2H3,(H,18,19)(H2,16,17,20). The normalized spacial score (nSPS) is 26.6. The van der Waals surface area contributed by atoms with Gasteiger partial charge in [0.15, 0.2) is 0 Å². The van der Waals surface area contributed by atoms with Gasteiger partial charge in [-0.05, 0) is 37.0 Å². The number of hydrogen-bond donors (Lipinski definition) is 3. The fourth-order valence-electron chi connectivity index (χ4n) is 3.15. The Morgan fingerprint density at radius 1 is 1.25 bits per heavy atom. The van der Waals surface area contributed by atoms with Crippen LogP contribution in [-0.4, -0.2) is 29.2 Å². The molecule has 0 radical (unpaired) electrons. The van der Waals surface area contributed by atoms with Crippen LogP contribution in [0.5, 0.6) is 0 Å². The van der Waals surface area contributed by atoms with Crippen LogP contribution in [0.1, 0.15) is 58.8 Å². The smallest absolute Gasteiger partial charge is 0.315 e. The van der Waals surface area contributed by atoms with Crippen LogP contribution < -0.4 is 10.6 Å². The van der Waals surface area contributed by atoms with Crippen molar-refractivity contribution in [3.63, 3.8) is 0 Å². The van der Waals surface area contributed by atoms with Crippen molar-refractivity contribution >= 4 is 12.0 Å². The first-order chi connectivity index (χ1) is 9.38. The summed E-state index contributed by atoms with van der Waals surface area (Å²) < 4.78 is 0. The molecule has 20 heavy (non-hydrogen) atoms. The molecule has 2 atom stereocenters. The second kappa shape index (κ2) is 6.02. The van der Waals surface area contributed by atoms with E-state index in [0.29, 0.717) is 5.92 Å². The Hall–Kier alpha value is -1.26. The molecule has 2 fully saturated rings. The number of carboxylic acid groups (broad SMARTS) is 1. The molecular formula is C15H26N2O3. The van der Waals surface area contributed by atoms with Gasteiger partial charge >= 0.3 is 12.0 Å². The van der Waals surface area contributed by atoms with Gasteiger partial charge in [-0.15, -0.1) is 0 Å². The lowest BCUT2D eigenvalue weighted by molar-refractivity contribution is -0.137.